The molecule has 0 aliphatic rings. The van der Waals surface area contributed by atoms with Gasteiger partial charge in [-0.1, -0.05) is 264 Å². The van der Waals surface area contributed by atoms with Crippen LogP contribution < -0.4 is 5.32 Å². The topological polar surface area (TPSA) is 105 Å². The lowest BCUT2D eigenvalue weighted by Gasteiger charge is -2.25. The first kappa shape index (κ1) is 62.2. The minimum absolute atomic E-state index is 0.0648. The fourth-order valence-corrected chi connectivity index (χ4v) is 9.13. The molecule has 1 unspecified atom stereocenters. The van der Waals surface area contributed by atoms with Crippen LogP contribution in [-0.4, -0.2) is 73.4 Å². The molecule has 3 N–H and O–H groups in total. The van der Waals surface area contributed by atoms with Gasteiger partial charge in [-0.3, -0.25) is 13.8 Å². The van der Waals surface area contributed by atoms with Gasteiger partial charge in [-0.05, 0) is 19.3 Å². The van der Waals surface area contributed by atoms with Crippen LogP contribution in [0.1, 0.15) is 277 Å². The van der Waals surface area contributed by atoms with Crippen molar-refractivity contribution in [3.63, 3.8) is 0 Å². The summed E-state index contributed by atoms with van der Waals surface area (Å²) in [5.41, 5.74) is 0. The van der Waals surface area contributed by atoms with Gasteiger partial charge in [-0.15, -0.1) is 0 Å². The summed E-state index contributed by atoms with van der Waals surface area (Å²) in [5, 5.41) is 13.9. The third kappa shape index (κ3) is 49.0. The molecule has 0 rings (SSSR count). The first-order valence-corrected chi connectivity index (χ1v) is 29.1. The van der Waals surface area contributed by atoms with Crippen molar-refractivity contribution in [1.82, 2.24) is 5.32 Å². The number of carbonyl (C=O) groups is 1. The molecule has 0 radical (unpaired) electrons. The van der Waals surface area contributed by atoms with E-state index in [1.54, 1.807) is 6.08 Å². The van der Waals surface area contributed by atoms with E-state index in [1.807, 2.05) is 27.2 Å². The number of nitrogens with one attached hydrogen (secondary N) is 1. The zero-order valence-corrected chi connectivity index (χ0v) is 43.7. The Morgan fingerprint density at radius 1 is 0.524 bits per heavy atom. The maximum atomic E-state index is 12.9. The highest BCUT2D eigenvalue weighted by atomic mass is 31.2. The Morgan fingerprint density at radius 2 is 0.841 bits per heavy atom. The minimum atomic E-state index is -4.33. The number of phosphoric acid groups is 1. The standard InChI is InChI=1S/C54H109N2O6P/c1-6-8-10-12-14-16-18-20-21-22-23-24-25-26-27-28-29-30-31-32-33-34-35-36-38-40-42-44-46-48-54(58)55-52(51-62-63(59,60)61-50-49-56(3,4)5)53(57)47-45-43-41-39-37-19-17-15-13-11-9-7-2/h45,47,52-53,57H,6-44,46,48-51H2,1-5H3,(H-,55,58,59,60)/p+1/b47-45+/t52-,53+/m0/s1. The van der Waals surface area contributed by atoms with Crippen molar-refractivity contribution >= 4 is 13.7 Å². The lowest BCUT2D eigenvalue weighted by Crippen LogP contribution is -2.45. The molecule has 8 nitrogen and oxygen atoms in total. The molecular formula is C54H110N2O6P+. The number of allylic oxidation sites excluding steroid dienone is 1. The lowest BCUT2D eigenvalue weighted by atomic mass is 10.0. The van der Waals surface area contributed by atoms with Crippen LogP contribution >= 0.6 is 7.82 Å². The van der Waals surface area contributed by atoms with Gasteiger partial charge in [0, 0.05) is 6.42 Å². The van der Waals surface area contributed by atoms with E-state index in [2.05, 4.69) is 19.2 Å². The first-order chi connectivity index (χ1) is 30.5. The Labute approximate surface area is 392 Å². The predicted octanol–water partition coefficient (Wildman–Crippen LogP) is 16.3. The van der Waals surface area contributed by atoms with E-state index in [1.165, 1.54) is 218 Å². The number of phosphoric ester groups is 1. The van der Waals surface area contributed by atoms with E-state index in [0.29, 0.717) is 17.4 Å². The highest BCUT2D eigenvalue weighted by Gasteiger charge is 2.27. The van der Waals surface area contributed by atoms with E-state index in [4.69, 9.17) is 9.05 Å². The summed E-state index contributed by atoms with van der Waals surface area (Å²) in [5.74, 6) is -0.172. The molecular weight excluding hydrogens is 804 g/mol. The largest absolute Gasteiger partial charge is 0.472 e. The number of carbonyl (C=O) groups excluding carboxylic acids is 1. The van der Waals surface area contributed by atoms with Crippen molar-refractivity contribution in [2.45, 2.75) is 289 Å². The number of likely N-dealkylation sites (N-methyl/N-ethyl adjacent to an activating group) is 1. The van der Waals surface area contributed by atoms with Crippen molar-refractivity contribution in [3.05, 3.63) is 12.2 Å². The molecule has 0 aliphatic heterocycles. The number of rotatable bonds is 51. The van der Waals surface area contributed by atoms with Crippen molar-refractivity contribution in [2.75, 3.05) is 40.9 Å². The highest BCUT2D eigenvalue weighted by molar-refractivity contribution is 7.47. The van der Waals surface area contributed by atoms with Crippen LogP contribution in [0.4, 0.5) is 0 Å². The van der Waals surface area contributed by atoms with E-state index in [-0.39, 0.29) is 19.1 Å². The van der Waals surface area contributed by atoms with Crippen LogP contribution in [0.15, 0.2) is 12.2 Å². The SMILES string of the molecule is CCCCCCCCCCCC/C=C/[C@@H](O)[C@H](COP(=O)(O)OCC[N+](C)(C)C)NC(=O)CCCCCCCCCCCCCCCCCCCCCCCCCCCCCCC. The smallest absolute Gasteiger partial charge is 0.387 e. The van der Waals surface area contributed by atoms with Crippen molar-refractivity contribution in [3.8, 4) is 0 Å². The monoisotopic (exact) mass is 914 g/mol. The van der Waals surface area contributed by atoms with Gasteiger partial charge in [0.15, 0.2) is 0 Å². The first-order valence-electron chi connectivity index (χ1n) is 27.6. The average molecular weight is 914 g/mol. The molecule has 0 aliphatic carbocycles. The van der Waals surface area contributed by atoms with E-state index in [0.717, 1.165) is 38.5 Å². The summed E-state index contributed by atoms with van der Waals surface area (Å²) in [6.07, 6.45) is 56.0. The van der Waals surface area contributed by atoms with Gasteiger partial charge in [0.2, 0.25) is 5.91 Å². The second kappa shape index (κ2) is 46.4. The molecule has 9 heteroatoms. The van der Waals surface area contributed by atoms with Crippen LogP contribution in [0.5, 0.6) is 0 Å². The van der Waals surface area contributed by atoms with Crippen LogP contribution in [-0.2, 0) is 18.4 Å². The van der Waals surface area contributed by atoms with Gasteiger partial charge in [-0.25, -0.2) is 4.57 Å². The molecule has 0 spiro atoms. The van der Waals surface area contributed by atoms with Crippen LogP contribution in [0.25, 0.3) is 0 Å². The van der Waals surface area contributed by atoms with Crippen LogP contribution in [0.3, 0.4) is 0 Å². The molecule has 376 valence electrons. The fraction of sp³-hybridized carbons (Fsp3) is 0.944. The second-order valence-electron chi connectivity index (χ2n) is 20.3. The minimum Gasteiger partial charge on any atom is -0.387 e. The molecule has 0 aromatic heterocycles. The molecule has 3 atom stereocenters. The quantitative estimate of drug-likeness (QED) is 0.0243. The molecule has 0 aromatic carbocycles. The van der Waals surface area contributed by atoms with Gasteiger partial charge in [0.05, 0.1) is 39.9 Å². The average Bonchev–Trinajstić information content (AvgIpc) is 3.24. The molecule has 0 saturated heterocycles. The zero-order valence-electron chi connectivity index (χ0n) is 42.8. The molecule has 0 aromatic rings. The second-order valence-corrected chi connectivity index (χ2v) is 21.8. The molecule has 0 bridgehead atoms. The Kier molecular flexibility index (Phi) is 45.8. The number of amides is 1. The molecule has 0 saturated carbocycles. The Balaban J connectivity index is 4.02. The van der Waals surface area contributed by atoms with Crippen LogP contribution in [0.2, 0.25) is 0 Å². The van der Waals surface area contributed by atoms with E-state index in [9.17, 15) is 19.4 Å². The maximum absolute atomic E-state index is 12.9. The summed E-state index contributed by atoms with van der Waals surface area (Å²) >= 11 is 0. The predicted molar refractivity (Wildman–Crippen MR) is 272 cm³/mol. The summed E-state index contributed by atoms with van der Waals surface area (Å²) < 4.78 is 23.6. The number of hydrogen-bond acceptors (Lipinski definition) is 5. The fourth-order valence-electron chi connectivity index (χ4n) is 8.40. The third-order valence-corrected chi connectivity index (χ3v) is 13.7. The number of aliphatic hydroxyl groups is 1. The van der Waals surface area contributed by atoms with E-state index < -0.39 is 20.0 Å². The highest BCUT2D eigenvalue weighted by Crippen LogP contribution is 2.43. The number of aliphatic hydroxyl groups excluding tert-OH is 1. The molecule has 1 amide bonds. The molecule has 0 heterocycles. The van der Waals surface area contributed by atoms with Crippen LogP contribution in [0, 0.1) is 0 Å². The lowest BCUT2D eigenvalue weighted by molar-refractivity contribution is -0.870. The zero-order chi connectivity index (χ0) is 46.4. The summed E-state index contributed by atoms with van der Waals surface area (Å²) in [4.78, 5) is 23.2. The van der Waals surface area contributed by atoms with Gasteiger partial charge in [-0.2, -0.15) is 0 Å². The van der Waals surface area contributed by atoms with Gasteiger partial charge >= 0.3 is 7.82 Å². The summed E-state index contributed by atoms with van der Waals surface area (Å²) in [7, 11) is 1.59. The Morgan fingerprint density at radius 3 is 1.17 bits per heavy atom. The molecule has 63 heavy (non-hydrogen) atoms. The summed E-state index contributed by atoms with van der Waals surface area (Å²) in [6, 6.07) is -0.840. The van der Waals surface area contributed by atoms with Gasteiger partial charge in [0.25, 0.3) is 0 Å². The van der Waals surface area contributed by atoms with Gasteiger partial charge in [0.1, 0.15) is 13.2 Å². The Hall–Kier alpha value is -0.760. The molecule has 0 fully saturated rings. The third-order valence-electron chi connectivity index (χ3n) is 12.8. The Bertz CT molecular complexity index is 1040. The van der Waals surface area contributed by atoms with Crippen molar-refractivity contribution in [1.29, 1.82) is 0 Å². The van der Waals surface area contributed by atoms with E-state index >= 15 is 0 Å². The number of nitrogens with zero attached hydrogens (tertiary/aromatic N) is 1. The van der Waals surface area contributed by atoms with Crippen molar-refractivity contribution in [2.24, 2.45) is 0 Å². The summed E-state index contributed by atoms with van der Waals surface area (Å²) in [6.45, 7) is 4.84. The number of unbranched alkanes of at least 4 members (excludes halogenated alkanes) is 38. The normalized spacial score (nSPS) is 14.1. The number of hydrogen-bond donors (Lipinski definition) is 3. The van der Waals surface area contributed by atoms with Crippen molar-refractivity contribution < 1.29 is 32.9 Å². The number of quaternary nitrogens is 1. The maximum Gasteiger partial charge on any atom is 0.472 e. The van der Waals surface area contributed by atoms with Gasteiger partial charge < -0.3 is 19.8 Å².